The molecule has 0 aliphatic carbocycles. The Hall–Kier alpha value is -3.02. The number of rotatable bonds is 0. The fourth-order valence-corrected chi connectivity index (χ4v) is 3.50. The monoisotopic (exact) mass is 366 g/mol. The number of aliphatic imine (C=N–C) groups is 1. The average molecular weight is 366 g/mol. The summed E-state index contributed by atoms with van der Waals surface area (Å²) in [5.74, 6) is -1.12. The van der Waals surface area contributed by atoms with Gasteiger partial charge < -0.3 is 4.74 Å². The third-order valence-electron chi connectivity index (χ3n) is 4.90. The molecule has 5 nitrogen and oxygen atoms in total. The number of hydrogen-bond acceptors (Lipinski definition) is 4. The van der Waals surface area contributed by atoms with Gasteiger partial charge in [-0.25, -0.2) is 9.38 Å². The summed E-state index contributed by atoms with van der Waals surface area (Å²) in [6.07, 6.45) is 0. The zero-order valence-corrected chi connectivity index (χ0v) is 15.5. The highest BCUT2D eigenvalue weighted by Gasteiger charge is 2.57. The molecule has 2 aromatic carbocycles. The Morgan fingerprint density at radius 3 is 2.48 bits per heavy atom. The molecule has 2 aliphatic heterocycles. The lowest BCUT2D eigenvalue weighted by Gasteiger charge is -2.44. The normalized spacial score (nSPS) is 21.5. The van der Waals surface area contributed by atoms with Gasteiger partial charge in [-0.05, 0) is 24.3 Å². The van der Waals surface area contributed by atoms with Crippen LogP contribution in [0.2, 0.25) is 0 Å². The lowest BCUT2D eigenvalue weighted by molar-refractivity contribution is -0.144. The number of likely N-dealkylation sites (N-methyl/N-ethyl adjacent to an activating group) is 1. The van der Waals surface area contributed by atoms with Crippen molar-refractivity contribution in [2.75, 3.05) is 7.05 Å². The standard InChI is InChI=1S/C21H19FN2O3/c1-20(2,3)18-23-16-10-9-12(22)11-15(16)21(27-18)14-8-6-5-7-13(14)17(25)24(4)19(21)26/h5-11H,1-4H3. The number of carbonyl (C=O) groups is 2. The minimum atomic E-state index is -1.65. The van der Waals surface area contributed by atoms with E-state index in [1.807, 2.05) is 20.8 Å². The second-order valence-electron chi connectivity index (χ2n) is 7.83. The fourth-order valence-electron chi connectivity index (χ4n) is 3.50. The van der Waals surface area contributed by atoms with Crippen LogP contribution in [0.3, 0.4) is 0 Å². The second-order valence-corrected chi connectivity index (χ2v) is 7.83. The van der Waals surface area contributed by atoms with Gasteiger partial charge in [0.2, 0.25) is 5.60 Å². The number of carbonyl (C=O) groups excluding carboxylic acids is 2. The minimum Gasteiger partial charge on any atom is -0.454 e. The van der Waals surface area contributed by atoms with Crippen LogP contribution in [0, 0.1) is 11.2 Å². The van der Waals surface area contributed by atoms with Crippen molar-refractivity contribution in [1.82, 2.24) is 4.90 Å². The topological polar surface area (TPSA) is 59.0 Å². The molecule has 0 N–H and O–H groups in total. The number of fused-ring (bicyclic) bond motifs is 4. The molecule has 0 saturated carbocycles. The van der Waals surface area contributed by atoms with Crippen LogP contribution in [0.15, 0.2) is 47.5 Å². The van der Waals surface area contributed by atoms with Gasteiger partial charge in [-0.1, -0.05) is 39.0 Å². The van der Waals surface area contributed by atoms with E-state index in [1.54, 1.807) is 24.3 Å². The highest BCUT2D eigenvalue weighted by Crippen LogP contribution is 2.49. The molecule has 0 bridgehead atoms. The molecular weight excluding hydrogens is 347 g/mol. The van der Waals surface area contributed by atoms with Crippen molar-refractivity contribution in [2.45, 2.75) is 26.4 Å². The van der Waals surface area contributed by atoms with Crippen LogP contribution >= 0.6 is 0 Å². The first-order chi connectivity index (χ1) is 12.7. The number of halogens is 1. The van der Waals surface area contributed by atoms with E-state index in [0.29, 0.717) is 28.3 Å². The lowest BCUT2D eigenvalue weighted by atomic mass is 9.77. The van der Waals surface area contributed by atoms with Crippen LogP contribution in [0.25, 0.3) is 0 Å². The van der Waals surface area contributed by atoms with Crippen molar-refractivity contribution in [3.05, 3.63) is 65.0 Å². The van der Waals surface area contributed by atoms with E-state index in [4.69, 9.17) is 4.74 Å². The quantitative estimate of drug-likeness (QED) is 0.667. The summed E-state index contributed by atoms with van der Waals surface area (Å²) < 4.78 is 20.4. The van der Waals surface area contributed by atoms with E-state index in [-0.39, 0.29) is 0 Å². The third-order valence-corrected chi connectivity index (χ3v) is 4.90. The maximum atomic E-state index is 14.1. The Bertz CT molecular complexity index is 1020. The van der Waals surface area contributed by atoms with Crippen molar-refractivity contribution in [3.8, 4) is 0 Å². The molecule has 2 aliphatic rings. The first kappa shape index (κ1) is 17.4. The van der Waals surface area contributed by atoms with E-state index in [0.717, 1.165) is 4.90 Å². The van der Waals surface area contributed by atoms with Crippen molar-refractivity contribution >= 4 is 23.4 Å². The third kappa shape index (κ3) is 2.32. The predicted octanol–water partition coefficient (Wildman–Crippen LogP) is 3.79. The van der Waals surface area contributed by atoms with Crippen LogP contribution in [-0.4, -0.2) is 29.7 Å². The Balaban J connectivity index is 2.12. The Morgan fingerprint density at radius 1 is 1.07 bits per heavy atom. The summed E-state index contributed by atoms with van der Waals surface area (Å²) in [6.45, 7) is 5.76. The molecular formula is C21H19FN2O3. The summed E-state index contributed by atoms with van der Waals surface area (Å²) in [6, 6.07) is 10.9. The van der Waals surface area contributed by atoms with Crippen LogP contribution < -0.4 is 0 Å². The first-order valence-corrected chi connectivity index (χ1v) is 8.66. The van der Waals surface area contributed by atoms with Gasteiger partial charge in [0.25, 0.3) is 11.8 Å². The van der Waals surface area contributed by atoms with Gasteiger partial charge in [-0.15, -0.1) is 0 Å². The van der Waals surface area contributed by atoms with Crippen molar-refractivity contribution < 1.29 is 18.7 Å². The summed E-state index contributed by atoms with van der Waals surface area (Å²) in [4.78, 5) is 31.6. The van der Waals surface area contributed by atoms with E-state index in [2.05, 4.69) is 4.99 Å². The molecule has 1 spiro atoms. The fraction of sp³-hybridized carbons (Fsp3) is 0.286. The molecule has 6 heteroatoms. The number of ether oxygens (including phenoxy) is 1. The molecule has 2 aromatic rings. The summed E-state index contributed by atoms with van der Waals surface area (Å²) in [5, 5.41) is 0. The number of imide groups is 1. The van der Waals surface area contributed by atoms with Crippen LogP contribution in [0.5, 0.6) is 0 Å². The van der Waals surface area contributed by atoms with Gasteiger partial charge in [0.15, 0.2) is 5.90 Å². The number of nitrogens with zero attached hydrogens (tertiary/aromatic N) is 2. The largest absolute Gasteiger partial charge is 0.454 e. The van der Waals surface area contributed by atoms with E-state index in [9.17, 15) is 14.0 Å². The molecule has 0 fully saturated rings. The molecule has 2 heterocycles. The van der Waals surface area contributed by atoms with Gasteiger partial charge in [-0.3, -0.25) is 14.5 Å². The molecule has 0 saturated heterocycles. The second kappa shape index (κ2) is 5.49. The highest BCUT2D eigenvalue weighted by atomic mass is 19.1. The Labute approximate surface area is 156 Å². The number of amides is 2. The van der Waals surface area contributed by atoms with Crippen molar-refractivity contribution in [1.29, 1.82) is 0 Å². The Morgan fingerprint density at radius 2 is 1.78 bits per heavy atom. The highest BCUT2D eigenvalue weighted by molar-refractivity contribution is 6.15. The van der Waals surface area contributed by atoms with Crippen LogP contribution in [-0.2, 0) is 15.1 Å². The smallest absolute Gasteiger partial charge is 0.283 e. The average Bonchev–Trinajstić information content (AvgIpc) is 2.63. The summed E-state index contributed by atoms with van der Waals surface area (Å²) in [7, 11) is 1.41. The number of benzene rings is 2. The van der Waals surface area contributed by atoms with E-state index < -0.39 is 28.6 Å². The predicted molar refractivity (Wildman–Crippen MR) is 98.4 cm³/mol. The van der Waals surface area contributed by atoms with Crippen molar-refractivity contribution in [2.24, 2.45) is 10.4 Å². The van der Waals surface area contributed by atoms with Gasteiger partial charge >= 0.3 is 0 Å². The van der Waals surface area contributed by atoms with Crippen LogP contribution in [0.1, 0.15) is 42.3 Å². The van der Waals surface area contributed by atoms with Gasteiger partial charge in [0.1, 0.15) is 5.82 Å². The zero-order valence-electron chi connectivity index (χ0n) is 15.5. The maximum Gasteiger partial charge on any atom is 0.283 e. The summed E-state index contributed by atoms with van der Waals surface area (Å²) in [5.41, 5.74) is -0.632. The van der Waals surface area contributed by atoms with Gasteiger partial charge in [0, 0.05) is 29.2 Å². The molecule has 27 heavy (non-hydrogen) atoms. The summed E-state index contributed by atoms with van der Waals surface area (Å²) >= 11 is 0. The van der Waals surface area contributed by atoms with E-state index in [1.165, 1.54) is 25.2 Å². The number of hydrogen-bond donors (Lipinski definition) is 0. The minimum absolute atomic E-state index is 0.298. The molecule has 0 radical (unpaired) electrons. The molecule has 0 aromatic heterocycles. The van der Waals surface area contributed by atoms with Gasteiger partial charge in [0.05, 0.1) is 5.69 Å². The van der Waals surface area contributed by atoms with Crippen molar-refractivity contribution in [3.63, 3.8) is 0 Å². The molecule has 1 unspecified atom stereocenters. The maximum absolute atomic E-state index is 14.1. The van der Waals surface area contributed by atoms with Gasteiger partial charge in [-0.2, -0.15) is 0 Å². The van der Waals surface area contributed by atoms with E-state index >= 15 is 0 Å². The Kier molecular flexibility index (Phi) is 3.54. The zero-order chi connectivity index (χ0) is 19.6. The molecule has 2 amide bonds. The van der Waals surface area contributed by atoms with Crippen LogP contribution in [0.4, 0.5) is 10.1 Å². The molecule has 4 rings (SSSR count). The molecule has 138 valence electrons. The SMILES string of the molecule is CN1C(=O)c2ccccc2C2(OC(C(C)(C)C)=Nc3ccc(F)cc32)C1=O. The first-order valence-electron chi connectivity index (χ1n) is 8.66. The lowest BCUT2D eigenvalue weighted by Crippen LogP contribution is -2.57. The molecule has 1 atom stereocenters.